The third-order valence-electron chi connectivity index (χ3n) is 2.44. The van der Waals surface area contributed by atoms with Gasteiger partial charge in [0.05, 0.1) is 17.9 Å². The SMILES string of the molecule is COC(=O)c1sc([S@@](C)=O)c(-c2ccon2)c1C. The van der Waals surface area contributed by atoms with Gasteiger partial charge in [-0.05, 0) is 12.5 Å². The molecule has 0 fully saturated rings. The molecule has 0 saturated carbocycles. The van der Waals surface area contributed by atoms with Crippen molar-refractivity contribution in [3.63, 3.8) is 0 Å². The molecule has 0 amide bonds. The van der Waals surface area contributed by atoms with Gasteiger partial charge in [0.15, 0.2) is 0 Å². The van der Waals surface area contributed by atoms with Crippen molar-refractivity contribution in [1.29, 1.82) is 0 Å². The minimum atomic E-state index is -1.20. The molecule has 96 valence electrons. The molecule has 1 atom stereocenters. The lowest BCUT2D eigenvalue weighted by atomic mass is 10.1. The quantitative estimate of drug-likeness (QED) is 0.809. The van der Waals surface area contributed by atoms with Gasteiger partial charge in [-0.2, -0.15) is 0 Å². The lowest BCUT2D eigenvalue weighted by molar-refractivity contribution is 0.0605. The van der Waals surface area contributed by atoms with Crippen LogP contribution in [0.4, 0.5) is 0 Å². The Bertz CT molecular complexity index is 601. The first-order chi connectivity index (χ1) is 8.56. The van der Waals surface area contributed by atoms with E-state index in [-0.39, 0.29) is 0 Å². The van der Waals surface area contributed by atoms with E-state index < -0.39 is 16.8 Å². The predicted molar refractivity (Wildman–Crippen MR) is 68.2 cm³/mol. The fourth-order valence-corrected chi connectivity index (χ4v) is 3.85. The number of hydrogen-bond donors (Lipinski definition) is 0. The Balaban J connectivity index is 2.67. The Hall–Kier alpha value is -1.47. The first-order valence-electron chi connectivity index (χ1n) is 5.02. The molecule has 2 aromatic rings. The van der Waals surface area contributed by atoms with Gasteiger partial charge in [0, 0.05) is 17.9 Å². The molecule has 0 radical (unpaired) electrons. The molecule has 18 heavy (non-hydrogen) atoms. The zero-order valence-corrected chi connectivity index (χ0v) is 11.7. The smallest absolute Gasteiger partial charge is 0.348 e. The Morgan fingerprint density at radius 2 is 2.28 bits per heavy atom. The number of thiophene rings is 1. The molecule has 2 aromatic heterocycles. The third kappa shape index (κ3) is 2.11. The number of aromatic nitrogens is 1. The van der Waals surface area contributed by atoms with Crippen LogP contribution < -0.4 is 0 Å². The lowest BCUT2D eigenvalue weighted by Gasteiger charge is -1.99. The van der Waals surface area contributed by atoms with Crippen LogP contribution in [0.15, 0.2) is 21.1 Å². The van der Waals surface area contributed by atoms with Crippen molar-refractivity contribution < 1.29 is 18.3 Å². The highest BCUT2D eigenvalue weighted by Gasteiger charge is 2.24. The minimum absolute atomic E-state index is 0.432. The highest BCUT2D eigenvalue weighted by molar-refractivity contribution is 7.86. The molecular weight excluding hydrogens is 274 g/mol. The third-order valence-corrected chi connectivity index (χ3v) is 5.19. The highest BCUT2D eigenvalue weighted by Crippen LogP contribution is 2.37. The van der Waals surface area contributed by atoms with Crippen molar-refractivity contribution in [1.82, 2.24) is 5.16 Å². The molecule has 0 spiro atoms. The van der Waals surface area contributed by atoms with E-state index in [1.165, 1.54) is 24.7 Å². The summed E-state index contributed by atoms with van der Waals surface area (Å²) in [5.41, 5.74) is 1.98. The number of hydrogen-bond acceptors (Lipinski definition) is 6. The van der Waals surface area contributed by atoms with Gasteiger partial charge in [-0.3, -0.25) is 4.21 Å². The second kappa shape index (κ2) is 5.03. The van der Waals surface area contributed by atoms with Gasteiger partial charge >= 0.3 is 5.97 Å². The van der Waals surface area contributed by atoms with E-state index in [2.05, 4.69) is 5.16 Å². The molecule has 7 heteroatoms. The topological polar surface area (TPSA) is 69.4 Å². The number of methoxy groups -OCH3 is 1. The van der Waals surface area contributed by atoms with Crippen LogP contribution in [-0.4, -0.2) is 28.7 Å². The number of esters is 1. The molecule has 0 aliphatic rings. The minimum Gasteiger partial charge on any atom is -0.465 e. The average molecular weight is 285 g/mol. The zero-order chi connectivity index (χ0) is 13.3. The zero-order valence-electron chi connectivity index (χ0n) is 10.1. The summed E-state index contributed by atoms with van der Waals surface area (Å²) in [6.07, 6.45) is 3.00. The summed E-state index contributed by atoms with van der Waals surface area (Å²) in [6.45, 7) is 1.78. The molecule has 0 aliphatic carbocycles. The van der Waals surface area contributed by atoms with Gasteiger partial charge in [0.2, 0.25) is 0 Å². The van der Waals surface area contributed by atoms with Crippen molar-refractivity contribution in [3.05, 3.63) is 22.8 Å². The highest BCUT2D eigenvalue weighted by atomic mass is 32.2. The van der Waals surface area contributed by atoms with E-state index in [4.69, 9.17) is 9.26 Å². The van der Waals surface area contributed by atoms with Crippen LogP contribution in [-0.2, 0) is 15.5 Å². The van der Waals surface area contributed by atoms with E-state index in [1.54, 1.807) is 19.2 Å². The molecule has 2 heterocycles. The van der Waals surface area contributed by atoms with Gasteiger partial charge in [0.1, 0.15) is 21.0 Å². The van der Waals surface area contributed by atoms with Crippen LogP contribution in [0.2, 0.25) is 0 Å². The summed E-state index contributed by atoms with van der Waals surface area (Å²) < 4.78 is 21.9. The maximum absolute atomic E-state index is 11.7. The molecule has 0 bridgehead atoms. The summed E-state index contributed by atoms with van der Waals surface area (Å²) in [4.78, 5) is 12.1. The second-order valence-corrected chi connectivity index (χ2v) is 6.14. The number of nitrogens with zero attached hydrogens (tertiary/aromatic N) is 1. The van der Waals surface area contributed by atoms with Crippen molar-refractivity contribution in [2.45, 2.75) is 11.1 Å². The van der Waals surface area contributed by atoms with E-state index >= 15 is 0 Å². The lowest BCUT2D eigenvalue weighted by Crippen LogP contribution is -1.99. The van der Waals surface area contributed by atoms with Crippen LogP contribution in [0.1, 0.15) is 15.2 Å². The molecule has 0 saturated heterocycles. The van der Waals surface area contributed by atoms with E-state index in [0.29, 0.717) is 25.9 Å². The maximum atomic E-state index is 11.7. The maximum Gasteiger partial charge on any atom is 0.348 e. The molecule has 0 aromatic carbocycles. The number of ether oxygens (including phenoxy) is 1. The predicted octanol–water partition coefficient (Wildman–Crippen LogP) is 2.24. The van der Waals surface area contributed by atoms with Gasteiger partial charge in [-0.15, -0.1) is 11.3 Å². The van der Waals surface area contributed by atoms with Crippen molar-refractivity contribution in [3.8, 4) is 11.3 Å². The average Bonchev–Trinajstić information content (AvgIpc) is 2.94. The monoisotopic (exact) mass is 285 g/mol. The first-order valence-corrected chi connectivity index (χ1v) is 7.39. The fraction of sp³-hybridized carbons (Fsp3) is 0.273. The molecule has 0 aliphatic heterocycles. The Labute approximate surface area is 110 Å². The van der Waals surface area contributed by atoms with Gasteiger partial charge in [-0.25, -0.2) is 4.79 Å². The summed E-state index contributed by atoms with van der Waals surface area (Å²) >= 11 is 1.17. The number of carbonyl (C=O) groups excluding carboxylic acids is 1. The molecule has 5 nitrogen and oxygen atoms in total. The second-order valence-electron chi connectivity index (χ2n) is 3.55. The van der Waals surface area contributed by atoms with Gasteiger partial charge in [-0.1, -0.05) is 5.16 Å². The van der Waals surface area contributed by atoms with Crippen molar-refractivity contribution >= 4 is 28.1 Å². The van der Waals surface area contributed by atoms with E-state index in [0.717, 1.165) is 0 Å². The van der Waals surface area contributed by atoms with Crippen LogP contribution in [0.5, 0.6) is 0 Å². The van der Waals surface area contributed by atoms with Crippen LogP contribution in [0.3, 0.4) is 0 Å². The Kier molecular flexibility index (Phi) is 3.63. The summed E-state index contributed by atoms with van der Waals surface area (Å²) in [6, 6.07) is 1.67. The Morgan fingerprint density at radius 3 is 2.78 bits per heavy atom. The summed E-state index contributed by atoms with van der Waals surface area (Å²) in [7, 11) is 0.115. The molecule has 0 N–H and O–H groups in total. The molecule has 2 rings (SSSR count). The molecular formula is C11H11NO4S2. The number of rotatable bonds is 3. The standard InChI is InChI=1S/C11H11NO4S2/c1-6-8(7-4-5-16-12-7)11(18(3)14)17-9(6)10(13)15-2/h4-5H,1-3H3/t18-/m1/s1. The first kappa shape index (κ1) is 13.0. The van der Waals surface area contributed by atoms with Gasteiger partial charge in [0.25, 0.3) is 0 Å². The van der Waals surface area contributed by atoms with E-state index in [9.17, 15) is 9.00 Å². The van der Waals surface area contributed by atoms with Crippen molar-refractivity contribution in [2.75, 3.05) is 13.4 Å². The molecule has 0 unspecified atom stereocenters. The Morgan fingerprint density at radius 1 is 1.56 bits per heavy atom. The van der Waals surface area contributed by atoms with Crippen molar-refractivity contribution in [2.24, 2.45) is 0 Å². The number of carbonyl (C=O) groups is 1. The largest absolute Gasteiger partial charge is 0.465 e. The summed E-state index contributed by atoms with van der Waals surface area (Å²) in [5, 5.41) is 3.83. The van der Waals surface area contributed by atoms with Crippen LogP contribution in [0.25, 0.3) is 11.3 Å². The van der Waals surface area contributed by atoms with Crippen LogP contribution >= 0.6 is 11.3 Å². The van der Waals surface area contributed by atoms with Crippen LogP contribution in [0, 0.1) is 6.92 Å². The van der Waals surface area contributed by atoms with Gasteiger partial charge < -0.3 is 9.26 Å². The normalized spacial score (nSPS) is 12.4. The van der Waals surface area contributed by atoms with E-state index in [1.807, 2.05) is 0 Å². The fourth-order valence-electron chi connectivity index (χ4n) is 1.61. The summed E-state index contributed by atoms with van der Waals surface area (Å²) in [5.74, 6) is -0.432.